The number of anilines is 3. The maximum absolute atomic E-state index is 11.8. The van der Waals surface area contributed by atoms with E-state index in [0.717, 1.165) is 82.5 Å². The number of hydrogen-bond donors (Lipinski definition) is 4. The number of methoxy groups -OCH3 is 1. The lowest BCUT2D eigenvalue weighted by molar-refractivity contribution is -0.116. The highest BCUT2D eigenvalue weighted by molar-refractivity contribution is 8.00. The summed E-state index contributed by atoms with van der Waals surface area (Å²) in [6.07, 6.45) is 6.77. The van der Waals surface area contributed by atoms with Crippen molar-refractivity contribution in [2.75, 3.05) is 98.0 Å². The van der Waals surface area contributed by atoms with Gasteiger partial charge in [-0.2, -0.15) is 4.98 Å². The van der Waals surface area contributed by atoms with Crippen LogP contribution in [0, 0.1) is 18.8 Å². The minimum Gasteiger partial charge on any atom is -0.495 e. The number of hydrogen-bond acceptors (Lipinski definition) is 17. The molecule has 0 saturated carbocycles. The van der Waals surface area contributed by atoms with E-state index in [4.69, 9.17) is 16.3 Å². The predicted octanol–water partition coefficient (Wildman–Crippen LogP) is 8.35. The lowest BCUT2D eigenvalue weighted by Gasteiger charge is -2.30. The fourth-order valence-electron chi connectivity index (χ4n) is 6.39. The topological polar surface area (TPSA) is 174 Å². The Balaban J connectivity index is 0.000000464. The molecule has 4 heterocycles. The molecule has 6 rings (SSSR count). The number of piperazine rings is 1. The zero-order valence-electron chi connectivity index (χ0n) is 44.0. The van der Waals surface area contributed by atoms with Crippen LogP contribution in [0.1, 0.15) is 76.0 Å². The number of likely N-dealkylation sites (tertiary alicyclic amines) is 1. The lowest BCUT2D eigenvalue weighted by atomic mass is 10.1. The molecule has 2 aliphatic rings. The van der Waals surface area contributed by atoms with E-state index < -0.39 is 5.67 Å². The largest absolute Gasteiger partial charge is 0.495 e. The second kappa shape index (κ2) is 35.3. The molecule has 2 saturated heterocycles. The first-order valence-corrected chi connectivity index (χ1v) is 25.8. The number of aromatic nitrogens is 3. The van der Waals surface area contributed by atoms with Gasteiger partial charge in [-0.25, -0.2) is 14.4 Å². The fourth-order valence-corrected chi connectivity index (χ4v) is 8.29. The van der Waals surface area contributed by atoms with Crippen molar-refractivity contribution in [3.05, 3.63) is 76.0 Å². The van der Waals surface area contributed by atoms with Gasteiger partial charge < -0.3 is 40.5 Å². The van der Waals surface area contributed by atoms with Crippen molar-refractivity contribution in [3.63, 3.8) is 0 Å². The van der Waals surface area contributed by atoms with Crippen LogP contribution < -0.4 is 26.0 Å². The van der Waals surface area contributed by atoms with Crippen molar-refractivity contribution in [1.82, 2.24) is 40.3 Å². The highest BCUT2D eigenvalue weighted by atomic mass is 35.5. The molecule has 0 radical (unpaired) electrons. The van der Waals surface area contributed by atoms with Crippen LogP contribution >= 0.6 is 34.7 Å². The number of benzene rings is 2. The van der Waals surface area contributed by atoms with E-state index in [-0.39, 0.29) is 23.1 Å². The van der Waals surface area contributed by atoms with Gasteiger partial charge in [0.2, 0.25) is 5.95 Å². The van der Waals surface area contributed by atoms with E-state index in [1.54, 1.807) is 48.3 Å². The van der Waals surface area contributed by atoms with Crippen LogP contribution in [-0.2, 0) is 20.9 Å². The number of rotatable bonds is 16. The molecule has 71 heavy (non-hydrogen) atoms. The van der Waals surface area contributed by atoms with Gasteiger partial charge in [-0.1, -0.05) is 61.6 Å². The molecule has 2 aromatic carbocycles. The normalized spacial score (nSPS) is 14.9. The highest BCUT2D eigenvalue weighted by Gasteiger charge is 2.28. The van der Waals surface area contributed by atoms with Crippen LogP contribution in [0.25, 0.3) is 10.4 Å². The number of ether oxygens (including phenoxy) is 1. The van der Waals surface area contributed by atoms with Crippen LogP contribution in [0.15, 0.2) is 54.2 Å². The van der Waals surface area contributed by atoms with Crippen LogP contribution in [0.5, 0.6) is 5.75 Å². The maximum atomic E-state index is 11.8. The smallest absolute Gasteiger partial charge is 0.229 e. The van der Waals surface area contributed by atoms with Crippen molar-refractivity contribution >= 4 is 77.3 Å². The van der Waals surface area contributed by atoms with Crippen molar-refractivity contribution < 1.29 is 28.3 Å². The second-order valence-corrected chi connectivity index (χ2v) is 20.0. The average molecular weight is 1040 g/mol. The number of nitrogens with zero attached hydrogens (tertiary/aromatic N) is 6. The lowest BCUT2D eigenvalue weighted by Crippen LogP contribution is -2.44. The number of aryl methyl sites for hydroxylation is 1. The van der Waals surface area contributed by atoms with E-state index >= 15 is 0 Å². The molecular formula is C52H78ClFN10O5S2. The van der Waals surface area contributed by atoms with Crippen LogP contribution in [-0.4, -0.2) is 165 Å². The molecule has 2 fully saturated rings. The van der Waals surface area contributed by atoms with Gasteiger partial charge in [0.25, 0.3) is 0 Å². The van der Waals surface area contributed by atoms with Crippen molar-refractivity contribution in [1.29, 1.82) is 0 Å². The summed E-state index contributed by atoms with van der Waals surface area (Å²) >= 11 is 9.34. The fraction of sp³-hybridized carbons (Fsp3) is 0.519. The summed E-state index contributed by atoms with van der Waals surface area (Å²) < 4.78 is 16.8. The Bertz CT molecular complexity index is 2210. The van der Waals surface area contributed by atoms with Gasteiger partial charge in [0.05, 0.1) is 59.5 Å². The second-order valence-electron chi connectivity index (χ2n) is 17.1. The molecule has 2 aromatic heterocycles. The average Bonchev–Trinajstić information content (AvgIpc) is 4.01. The van der Waals surface area contributed by atoms with Crippen molar-refractivity contribution in [2.45, 2.75) is 90.4 Å². The van der Waals surface area contributed by atoms with Gasteiger partial charge in [0.15, 0.2) is 12.0 Å². The Morgan fingerprint density at radius 3 is 2.11 bits per heavy atom. The summed E-state index contributed by atoms with van der Waals surface area (Å²) in [5.74, 6) is 8.65. The monoisotopic (exact) mass is 1040 g/mol. The summed E-state index contributed by atoms with van der Waals surface area (Å²) in [4.78, 5) is 62.0. The Labute approximate surface area is 436 Å². The van der Waals surface area contributed by atoms with Crippen LogP contribution in [0.4, 0.5) is 21.8 Å². The molecule has 0 unspecified atom stereocenters. The molecule has 2 aliphatic heterocycles. The first-order chi connectivity index (χ1) is 33.9. The number of halogens is 2. The number of carbonyl (C=O) groups is 4. The van der Waals surface area contributed by atoms with E-state index in [2.05, 4.69) is 108 Å². The number of thioether (sulfide) groups is 1. The van der Waals surface area contributed by atoms with Gasteiger partial charge in [0, 0.05) is 50.1 Å². The minimum absolute atomic E-state index is 0.126. The number of carbonyl (C=O) groups excluding carboxylic acids is 4. The van der Waals surface area contributed by atoms with Crippen molar-refractivity contribution in [3.8, 4) is 28.0 Å². The molecular weight excluding hydrogens is 963 g/mol. The SMILES string of the molecule is CC.CC(C)(F)C=O.CN1CCC[C@H]1C=O.CNCc1ccc(-c2scnc2C)cc1.CN[C@H](C=O)C(C)(C)SCC#CCN1CCN(C)CC1.CNc1nc(Nc2ccc(C=O)cc2OC)ncc1Cl. The molecule has 4 aromatic rings. The number of alkyl halides is 1. The molecule has 4 N–H and O–H groups in total. The third-order valence-corrected chi connectivity index (χ3v) is 13.2. The summed E-state index contributed by atoms with van der Waals surface area (Å²) in [7, 11) is 11.2. The van der Waals surface area contributed by atoms with E-state index in [0.29, 0.717) is 33.8 Å². The molecule has 392 valence electrons. The maximum Gasteiger partial charge on any atom is 0.229 e. The van der Waals surface area contributed by atoms with E-state index in [9.17, 15) is 23.6 Å². The van der Waals surface area contributed by atoms with Crippen LogP contribution in [0.2, 0.25) is 5.02 Å². The molecule has 19 heteroatoms. The minimum atomic E-state index is -1.64. The van der Waals surface area contributed by atoms with Gasteiger partial charge in [-0.05, 0) is 112 Å². The zero-order chi connectivity index (χ0) is 53.4. The zero-order valence-corrected chi connectivity index (χ0v) is 46.4. The van der Waals surface area contributed by atoms with Crippen molar-refractivity contribution in [2.24, 2.45) is 0 Å². The molecule has 2 atom stereocenters. The molecule has 0 bridgehead atoms. The number of aldehydes is 4. The van der Waals surface area contributed by atoms with Gasteiger partial charge in [0.1, 0.15) is 35.4 Å². The van der Waals surface area contributed by atoms with Gasteiger partial charge >= 0.3 is 0 Å². The Kier molecular flexibility index (Phi) is 31.9. The van der Waals surface area contributed by atoms with Gasteiger partial charge in [-0.3, -0.25) is 19.4 Å². The van der Waals surface area contributed by atoms with Crippen LogP contribution in [0.3, 0.4) is 0 Å². The number of nitrogens with one attached hydrogen (secondary N) is 4. The Morgan fingerprint density at radius 2 is 1.63 bits per heavy atom. The molecule has 0 amide bonds. The first-order valence-electron chi connectivity index (χ1n) is 23.6. The van der Waals surface area contributed by atoms with E-state index in [1.165, 1.54) is 49.6 Å². The Hall–Kier alpha value is -4.84. The third-order valence-electron chi connectivity index (χ3n) is 10.7. The summed E-state index contributed by atoms with van der Waals surface area (Å²) in [6, 6.07) is 13.7. The van der Waals surface area contributed by atoms with Gasteiger partial charge in [-0.15, -0.1) is 23.1 Å². The first kappa shape index (κ1) is 64.2. The quantitative estimate of drug-likeness (QED) is 0.0622. The van der Waals surface area contributed by atoms with E-state index in [1.807, 2.05) is 47.4 Å². The molecule has 0 aliphatic carbocycles. The predicted molar refractivity (Wildman–Crippen MR) is 295 cm³/mol. The highest BCUT2D eigenvalue weighted by Crippen LogP contribution is 2.30. The molecule has 0 spiro atoms. The summed E-state index contributed by atoms with van der Waals surface area (Å²) in [5.41, 5.74) is 5.12. The number of thiazole rings is 1. The summed E-state index contributed by atoms with van der Waals surface area (Å²) in [5, 5.41) is 12.5. The Morgan fingerprint density at radius 1 is 0.972 bits per heavy atom. The standard InChI is InChI=1S/C15H27N3OS.C13H13ClN4O2.C12H14N2S.C6H11NO.C4H7FO.C2H6/c1-15(2,14(13-19)16-3)20-12-6-5-7-18-10-8-17(4)9-11-18;1-15-12-9(14)6-16-13(18-12)17-10-4-3-8(7-19)5-11(10)20-2;1-9-12(15-8-14-9)11-5-3-10(4-6-11)7-13-2;1-7-4-2-3-6(7)5-8;1-4(2,5)3-6;1-2/h13-14,16H,7-12H2,1-4H3;3-7H,1-2H3,(H2,15,16,17,18);3-6,8,13H,7H2,1-2H3;5-6H,2-4H2,1H3;3H,1-2H3;1-2H3/t14-;;;6-;;/m1..0../s1. The summed E-state index contributed by atoms with van der Waals surface area (Å²) in [6.45, 7) is 20.0. The third kappa shape index (κ3) is 24.9. The number of likely N-dealkylation sites (N-methyl/N-ethyl adjacent to an activating group) is 3. The molecule has 15 nitrogen and oxygen atoms in total.